The highest BCUT2D eigenvalue weighted by Crippen LogP contribution is 2.46. The number of sulfonamides is 1. The van der Waals surface area contributed by atoms with E-state index in [2.05, 4.69) is 20.0 Å². The van der Waals surface area contributed by atoms with Gasteiger partial charge in [0.05, 0.1) is 32.1 Å². The van der Waals surface area contributed by atoms with Crippen LogP contribution < -0.4 is 24.2 Å². The Kier molecular flexibility index (Phi) is 10.8. The third kappa shape index (κ3) is 8.30. The molecule has 0 spiro atoms. The van der Waals surface area contributed by atoms with Gasteiger partial charge in [0.2, 0.25) is 27.7 Å². The van der Waals surface area contributed by atoms with E-state index in [9.17, 15) is 22.8 Å². The number of carbonyl (C=O) groups is 3. The molecule has 0 bridgehead atoms. The van der Waals surface area contributed by atoms with Crippen LogP contribution >= 0.6 is 0 Å². The van der Waals surface area contributed by atoms with Crippen molar-refractivity contribution in [2.75, 3.05) is 27.3 Å². The van der Waals surface area contributed by atoms with Gasteiger partial charge in [-0.3, -0.25) is 14.3 Å². The third-order valence-corrected chi connectivity index (χ3v) is 12.3. The van der Waals surface area contributed by atoms with Crippen molar-refractivity contribution in [2.24, 2.45) is 5.92 Å². The maximum absolute atomic E-state index is 14.6. The number of allylic oxidation sites excluding steroid dienone is 1. The summed E-state index contributed by atoms with van der Waals surface area (Å²) in [5.74, 6) is -0.126. The van der Waals surface area contributed by atoms with E-state index >= 15 is 0 Å². The molecule has 15 heteroatoms. The molecule has 2 N–H and O–H groups in total. The van der Waals surface area contributed by atoms with Crippen LogP contribution in [0, 0.1) is 5.92 Å². The number of aromatic nitrogens is 2. The summed E-state index contributed by atoms with van der Waals surface area (Å²) in [6, 6.07) is 17.0. The summed E-state index contributed by atoms with van der Waals surface area (Å²) < 4.78 is 45.1. The van der Waals surface area contributed by atoms with Gasteiger partial charge in [-0.2, -0.15) is 9.97 Å². The molecule has 3 aromatic rings. The average molecular weight is 763 g/mol. The first-order valence-electron chi connectivity index (χ1n) is 18.5. The highest BCUT2D eigenvalue weighted by Gasteiger charge is 2.62. The molecule has 290 valence electrons. The van der Waals surface area contributed by atoms with Crippen molar-refractivity contribution in [3.8, 4) is 28.9 Å². The number of hydrogen-bond acceptors (Lipinski definition) is 10. The zero-order valence-corrected chi connectivity index (χ0v) is 31.3. The largest absolute Gasteiger partial charge is 0.497 e. The fraction of sp³-hybridized carbons (Fsp3) is 0.462. The van der Waals surface area contributed by atoms with Crippen LogP contribution in [0.4, 0.5) is 4.79 Å². The number of nitrogens with one attached hydrogen (secondary N) is 2. The Balaban J connectivity index is 0.00000300. The minimum Gasteiger partial charge on any atom is -0.497 e. The van der Waals surface area contributed by atoms with Crippen molar-refractivity contribution in [2.45, 2.75) is 80.8 Å². The van der Waals surface area contributed by atoms with Gasteiger partial charge in [-0.1, -0.05) is 61.0 Å². The summed E-state index contributed by atoms with van der Waals surface area (Å²) in [5.41, 5.74) is 0.189. The molecule has 4 aliphatic rings. The second-order valence-corrected chi connectivity index (χ2v) is 16.3. The Labute approximate surface area is 318 Å². The molecule has 3 fully saturated rings. The minimum atomic E-state index is -3.87. The van der Waals surface area contributed by atoms with E-state index < -0.39 is 50.7 Å². The van der Waals surface area contributed by atoms with Gasteiger partial charge in [-0.25, -0.2) is 13.2 Å². The van der Waals surface area contributed by atoms with Crippen LogP contribution in [0.15, 0.2) is 72.8 Å². The predicted molar refractivity (Wildman–Crippen MR) is 203 cm³/mol. The van der Waals surface area contributed by atoms with Crippen molar-refractivity contribution < 1.29 is 39.9 Å². The van der Waals surface area contributed by atoms with Gasteiger partial charge in [0.15, 0.2) is 5.82 Å². The standard InChI is InChI=1S/C39H46N6O8S.2H2/c1-51-29-16-14-26(15-17-29)24-44-20-10-5-3-4-9-13-28-23-39(28,37(47)43-54(49,50)31-18-19-31)42-36(46)32-21-30(25-45(32)38(44)48)53-34-22-33(52-2)40-35(41-34)27-11-7-6-8-12-27;;/h6-9,11-17,22,28,30-32H,3-5,10,18-21,23-25H2,1-2H3,(H,42,46)(H,43,47);2*1H/b13-9-;;/t28-,30-,32+,39-;;/m1../s1. The summed E-state index contributed by atoms with van der Waals surface area (Å²) in [5, 5.41) is 2.32. The number of fused-ring (bicyclic) bond motifs is 2. The van der Waals surface area contributed by atoms with E-state index in [1.165, 1.54) is 12.0 Å². The van der Waals surface area contributed by atoms with Crippen LogP contribution in [0.2, 0.25) is 0 Å². The molecule has 2 aliphatic carbocycles. The molecule has 4 atom stereocenters. The Morgan fingerprint density at radius 1 is 1.00 bits per heavy atom. The molecule has 0 radical (unpaired) electrons. The van der Waals surface area contributed by atoms with Gasteiger partial charge in [0, 0.05) is 33.8 Å². The summed E-state index contributed by atoms with van der Waals surface area (Å²) in [6.07, 6.45) is 7.78. The molecule has 54 heavy (non-hydrogen) atoms. The molecular formula is C39H50N6O8S. The Morgan fingerprint density at radius 3 is 2.48 bits per heavy atom. The first kappa shape index (κ1) is 37.1. The van der Waals surface area contributed by atoms with Crippen LogP contribution in [0.3, 0.4) is 0 Å². The second kappa shape index (κ2) is 15.7. The van der Waals surface area contributed by atoms with Crippen LogP contribution in [-0.2, 0) is 26.2 Å². The number of hydrogen-bond donors (Lipinski definition) is 2. The molecular weight excluding hydrogens is 713 g/mol. The third-order valence-electron chi connectivity index (χ3n) is 10.5. The maximum atomic E-state index is 14.6. The molecule has 2 aliphatic heterocycles. The van der Waals surface area contributed by atoms with Crippen molar-refractivity contribution in [3.63, 3.8) is 0 Å². The van der Waals surface area contributed by atoms with E-state index in [0.29, 0.717) is 37.5 Å². The summed E-state index contributed by atoms with van der Waals surface area (Å²) in [7, 11) is -0.776. The van der Waals surface area contributed by atoms with E-state index in [1.807, 2.05) is 66.7 Å². The molecule has 14 nitrogen and oxygen atoms in total. The Hall–Kier alpha value is -5.18. The Morgan fingerprint density at radius 2 is 1.76 bits per heavy atom. The van der Waals surface area contributed by atoms with Crippen LogP contribution in [0.1, 0.15) is 59.8 Å². The molecule has 0 unspecified atom stereocenters. The fourth-order valence-electron chi connectivity index (χ4n) is 7.14. The van der Waals surface area contributed by atoms with Crippen molar-refractivity contribution >= 4 is 27.9 Å². The topological polar surface area (TPSA) is 169 Å². The van der Waals surface area contributed by atoms with Gasteiger partial charge in [0.1, 0.15) is 23.4 Å². The monoisotopic (exact) mass is 762 g/mol. The smallest absolute Gasteiger partial charge is 0.321 e. The lowest BCUT2D eigenvalue weighted by Crippen LogP contribution is -2.57. The number of ether oxygens (including phenoxy) is 3. The SMILES string of the molecule is COc1ccc(CN2CCCCC/C=C\[C@@H]3C[C@@]3(C(=O)NS(=O)(=O)C3CC3)NC(=O)[C@@H]3C[C@@H](Oc4cc(OC)nc(-c5ccccc5)n4)CN3C2=O)cc1.[HH].[HH]. The number of carbonyl (C=O) groups excluding carboxylic acids is 3. The minimum absolute atomic E-state index is 0. The molecule has 2 aromatic carbocycles. The van der Waals surface area contributed by atoms with Crippen LogP contribution in [-0.4, -0.2) is 96.3 Å². The van der Waals surface area contributed by atoms with Crippen LogP contribution in [0.5, 0.6) is 17.5 Å². The summed E-state index contributed by atoms with van der Waals surface area (Å²) in [4.78, 5) is 55.1. The number of amides is 4. The zero-order chi connectivity index (χ0) is 37.9. The first-order chi connectivity index (χ1) is 26.1. The van der Waals surface area contributed by atoms with Crippen molar-refractivity contribution in [1.82, 2.24) is 29.8 Å². The van der Waals surface area contributed by atoms with Crippen molar-refractivity contribution in [3.05, 3.63) is 78.4 Å². The number of benzene rings is 2. The summed E-state index contributed by atoms with van der Waals surface area (Å²) in [6.45, 7) is 0.820. The number of urea groups is 1. The van der Waals surface area contributed by atoms with E-state index in [1.54, 1.807) is 18.1 Å². The lowest BCUT2D eigenvalue weighted by Gasteiger charge is -2.32. The van der Waals surface area contributed by atoms with Gasteiger partial charge in [-0.05, 0) is 56.2 Å². The maximum Gasteiger partial charge on any atom is 0.321 e. The Bertz CT molecular complexity index is 2000. The molecule has 7 rings (SSSR count). The van der Waals surface area contributed by atoms with E-state index in [0.717, 1.165) is 36.8 Å². The second-order valence-electron chi connectivity index (χ2n) is 14.4. The van der Waals surface area contributed by atoms with E-state index in [4.69, 9.17) is 14.2 Å². The van der Waals surface area contributed by atoms with Gasteiger partial charge in [0.25, 0.3) is 5.91 Å². The quantitative estimate of drug-likeness (QED) is 0.276. The molecule has 1 aromatic heterocycles. The first-order valence-corrected chi connectivity index (χ1v) is 20.0. The average Bonchev–Trinajstić information content (AvgIpc) is 4.11. The lowest BCUT2D eigenvalue weighted by molar-refractivity contribution is -0.131. The van der Waals surface area contributed by atoms with Crippen molar-refractivity contribution in [1.29, 1.82) is 0 Å². The predicted octanol–water partition coefficient (Wildman–Crippen LogP) is 4.71. The number of rotatable bonds is 10. The highest BCUT2D eigenvalue weighted by atomic mass is 32.2. The number of methoxy groups -OCH3 is 2. The normalized spacial score (nSPS) is 25.3. The van der Waals surface area contributed by atoms with Gasteiger partial charge < -0.3 is 29.3 Å². The zero-order valence-electron chi connectivity index (χ0n) is 30.5. The highest BCUT2D eigenvalue weighted by molar-refractivity contribution is 7.91. The van der Waals surface area contributed by atoms with Gasteiger partial charge in [-0.15, -0.1) is 0 Å². The molecule has 2 saturated carbocycles. The molecule has 1 saturated heterocycles. The summed E-state index contributed by atoms with van der Waals surface area (Å²) >= 11 is 0. The fourth-order valence-corrected chi connectivity index (χ4v) is 8.51. The lowest BCUT2D eigenvalue weighted by atomic mass is 10.1. The van der Waals surface area contributed by atoms with E-state index in [-0.39, 0.29) is 40.0 Å². The molecule has 3 heterocycles. The van der Waals surface area contributed by atoms with Crippen LogP contribution in [0.25, 0.3) is 11.4 Å². The van der Waals surface area contributed by atoms with Gasteiger partial charge >= 0.3 is 6.03 Å². The number of nitrogens with zero attached hydrogens (tertiary/aromatic N) is 4. The molecule has 4 amide bonds.